The minimum atomic E-state index is -3.15. The Labute approximate surface area is 192 Å². The predicted molar refractivity (Wildman–Crippen MR) is 129 cm³/mol. The minimum Gasteiger partial charge on any atom is -0.376 e. The summed E-state index contributed by atoms with van der Waals surface area (Å²) in [4.78, 5) is 4.63. The van der Waals surface area contributed by atoms with Crippen molar-refractivity contribution in [3.8, 4) is 0 Å². The van der Waals surface area contributed by atoms with E-state index in [1.165, 1.54) is 11.8 Å². The van der Waals surface area contributed by atoms with Crippen molar-refractivity contribution >= 4 is 40.0 Å². The van der Waals surface area contributed by atoms with E-state index in [4.69, 9.17) is 4.74 Å². The highest BCUT2D eigenvalue weighted by molar-refractivity contribution is 14.0. The molecule has 1 aliphatic rings. The van der Waals surface area contributed by atoms with Crippen molar-refractivity contribution in [1.82, 2.24) is 14.9 Å². The van der Waals surface area contributed by atoms with Crippen molar-refractivity contribution in [3.63, 3.8) is 0 Å². The van der Waals surface area contributed by atoms with Crippen LogP contribution < -0.4 is 10.6 Å². The van der Waals surface area contributed by atoms with Crippen LogP contribution in [0.5, 0.6) is 0 Å². The van der Waals surface area contributed by atoms with E-state index >= 15 is 0 Å². The van der Waals surface area contributed by atoms with Gasteiger partial charge in [-0.05, 0) is 31.2 Å². The summed E-state index contributed by atoms with van der Waals surface area (Å²) in [7, 11) is -3.15. The monoisotopic (exact) mass is 538 g/mol. The lowest BCUT2D eigenvalue weighted by atomic mass is 10.2. The molecule has 1 fully saturated rings. The van der Waals surface area contributed by atoms with Gasteiger partial charge in [0.2, 0.25) is 10.0 Å². The Balaban J connectivity index is 0.00000420. The smallest absolute Gasteiger partial charge is 0.211 e. The number of guanidine groups is 1. The molecule has 0 saturated carbocycles. The van der Waals surface area contributed by atoms with Crippen LogP contribution in [0.3, 0.4) is 0 Å². The van der Waals surface area contributed by atoms with Crippen molar-refractivity contribution in [2.75, 3.05) is 39.0 Å². The van der Waals surface area contributed by atoms with Crippen molar-refractivity contribution in [3.05, 3.63) is 35.9 Å². The van der Waals surface area contributed by atoms with Gasteiger partial charge in [-0.1, -0.05) is 37.3 Å². The van der Waals surface area contributed by atoms with E-state index in [9.17, 15) is 8.42 Å². The number of aliphatic imine (C=N–C) groups is 1. The molecule has 0 bridgehead atoms. The third kappa shape index (κ3) is 9.63. The van der Waals surface area contributed by atoms with Crippen molar-refractivity contribution in [2.45, 2.75) is 39.3 Å². The SMILES string of the molecule is CCNC(=NCC(C)COCc1ccccc1)NC[C@H]1CCCN1S(C)(=O)=O.I. The third-order valence-electron chi connectivity index (χ3n) is 4.67. The van der Waals surface area contributed by atoms with Crippen molar-refractivity contribution < 1.29 is 13.2 Å². The fourth-order valence-electron chi connectivity index (χ4n) is 3.26. The summed E-state index contributed by atoms with van der Waals surface area (Å²) < 4.78 is 31.1. The zero-order chi connectivity index (χ0) is 20.4. The predicted octanol–water partition coefficient (Wildman–Crippen LogP) is 2.44. The summed E-state index contributed by atoms with van der Waals surface area (Å²) in [5.41, 5.74) is 1.17. The van der Waals surface area contributed by atoms with E-state index in [1.54, 1.807) is 4.31 Å². The first kappa shape index (κ1) is 26.1. The molecule has 7 nitrogen and oxygen atoms in total. The molecule has 0 spiro atoms. The second kappa shape index (κ2) is 13.4. The first-order valence-corrected chi connectivity index (χ1v) is 11.9. The van der Waals surface area contributed by atoms with Crippen LogP contribution in [-0.2, 0) is 21.4 Å². The van der Waals surface area contributed by atoms with Crippen LogP contribution in [0, 0.1) is 5.92 Å². The summed E-state index contributed by atoms with van der Waals surface area (Å²) in [5.74, 6) is 1.01. The number of rotatable bonds is 10. The van der Waals surface area contributed by atoms with Crippen LogP contribution in [0.2, 0.25) is 0 Å². The Morgan fingerprint density at radius 2 is 2.03 bits per heavy atom. The number of halogens is 1. The molecule has 9 heteroatoms. The summed E-state index contributed by atoms with van der Waals surface area (Å²) in [6.45, 7) is 7.95. The van der Waals surface area contributed by atoms with Crippen LogP contribution in [0.15, 0.2) is 35.3 Å². The molecular formula is C20H35IN4O3S. The third-order valence-corrected chi connectivity index (χ3v) is 6.01. The molecule has 1 heterocycles. The van der Waals surface area contributed by atoms with Crippen LogP contribution in [0.4, 0.5) is 0 Å². The van der Waals surface area contributed by atoms with Crippen molar-refractivity contribution in [2.24, 2.45) is 10.9 Å². The molecule has 2 N–H and O–H groups in total. The Morgan fingerprint density at radius 1 is 1.31 bits per heavy atom. The molecule has 0 radical (unpaired) electrons. The molecule has 29 heavy (non-hydrogen) atoms. The molecule has 1 saturated heterocycles. The summed E-state index contributed by atoms with van der Waals surface area (Å²) in [6.07, 6.45) is 3.06. The largest absolute Gasteiger partial charge is 0.376 e. The fourth-order valence-corrected chi connectivity index (χ4v) is 4.44. The maximum Gasteiger partial charge on any atom is 0.211 e. The van der Waals surface area contributed by atoms with Gasteiger partial charge < -0.3 is 15.4 Å². The van der Waals surface area contributed by atoms with Gasteiger partial charge in [-0.15, -0.1) is 24.0 Å². The van der Waals surface area contributed by atoms with Gasteiger partial charge in [0.1, 0.15) is 0 Å². The molecule has 1 unspecified atom stereocenters. The summed E-state index contributed by atoms with van der Waals surface area (Å²) >= 11 is 0. The number of hydrogen-bond donors (Lipinski definition) is 2. The van der Waals surface area contributed by atoms with Gasteiger partial charge in [0, 0.05) is 32.2 Å². The maximum atomic E-state index is 11.9. The molecule has 166 valence electrons. The Hall–Kier alpha value is -0.910. The van der Waals surface area contributed by atoms with E-state index in [1.807, 2.05) is 25.1 Å². The van der Waals surface area contributed by atoms with Gasteiger partial charge in [-0.2, -0.15) is 4.31 Å². The Morgan fingerprint density at radius 3 is 2.69 bits per heavy atom. The zero-order valence-electron chi connectivity index (χ0n) is 17.6. The molecule has 2 atom stereocenters. The van der Waals surface area contributed by atoms with Gasteiger partial charge in [-0.3, -0.25) is 4.99 Å². The molecule has 0 aliphatic carbocycles. The van der Waals surface area contributed by atoms with Gasteiger partial charge >= 0.3 is 0 Å². The summed E-state index contributed by atoms with van der Waals surface area (Å²) in [5, 5.41) is 6.52. The minimum absolute atomic E-state index is 0. The van der Waals surface area contributed by atoms with Crippen LogP contribution in [0.25, 0.3) is 0 Å². The first-order chi connectivity index (χ1) is 13.4. The van der Waals surface area contributed by atoms with Crippen molar-refractivity contribution in [1.29, 1.82) is 0 Å². The van der Waals surface area contributed by atoms with E-state index in [0.29, 0.717) is 32.8 Å². The average Bonchev–Trinajstić information content (AvgIpc) is 3.14. The van der Waals surface area contributed by atoms with Gasteiger partial charge in [0.25, 0.3) is 0 Å². The number of benzene rings is 1. The second-order valence-electron chi connectivity index (χ2n) is 7.38. The van der Waals surface area contributed by atoms with E-state index in [0.717, 1.165) is 25.3 Å². The lowest BCUT2D eigenvalue weighted by Crippen LogP contribution is -2.46. The van der Waals surface area contributed by atoms with Gasteiger partial charge in [-0.25, -0.2) is 8.42 Å². The highest BCUT2D eigenvalue weighted by Crippen LogP contribution is 2.19. The maximum absolute atomic E-state index is 11.9. The fraction of sp³-hybridized carbons (Fsp3) is 0.650. The quantitative estimate of drug-likeness (QED) is 0.272. The number of nitrogens with zero attached hydrogens (tertiary/aromatic N) is 2. The lowest BCUT2D eigenvalue weighted by Gasteiger charge is -2.23. The highest BCUT2D eigenvalue weighted by atomic mass is 127. The second-order valence-corrected chi connectivity index (χ2v) is 9.31. The standard InChI is InChI=1S/C20H34N4O3S.HI/c1-4-21-20(23-14-19-11-8-12-24(19)28(3,25)26)22-13-17(2)15-27-16-18-9-6-5-7-10-18;/h5-7,9-10,17,19H,4,8,11-16H2,1-3H3,(H2,21,22,23);1H/t17?,19-;/m1./s1. The van der Waals surface area contributed by atoms with Crippen LogP contribution >= 0.6 is 24.0 Å². The molecule has 1 aromatic carbocycles. The van der Waals surface area contributed by atoms with Crippen LogP contribution in [-0.4, -0.2) is 63.8 Å². The number of ether oxygens (including phenoxy) is 1. The van der Waals surface area contributed by atoms with E-state index in [-0.39, 0.29) is 35.9 Å². The van der Waals surface area contributed by atoms with Gasteiger partial charge in [0.15, 0.2) is 5.96 Å². The molecular weight excluding hydrogens is 503 g/mol. The highest BCUT2D eigenvalue weighted by Gasteiger charge is 2.31. The number of nitrogens with one attached hydrogen (secondary N) is 2. The molecule has 1 aliphatic heterocycles. The lowest BCUT2D eigenvalue weighted by molar-refractivity contribution is 0.0945. The normalized spacial score (nSPS) is 18.9. The topological polar surface area (TPSA) is 83.0 Å². The number of sulfonamides is 1. The van der Waals surface area contributed by atoms with E-state index < -0.39 is 10.0 Å². The van der Waals surface area contributed by atoms with Crippen LogP contribution in [0.1, 0.15) is 32.3 Å². The molecule has 2 rings (SSSR count). The zero-order valence-corrected chi connectivity index (χ0v) is 20.8. The number of hydrogen-bond acceptors (Lipinski definition) is 4. The Kier molecular flexibility index (Phi) is 12.1. The summed E-state index contributed by atoms with van der Waals surface area (Å²) in [6, 6.07) is 10.1. The molecule has 0 amide bonds. The Bertz CT molecular complexity index is 716. The van der Waals surface area contributed by atoms with E-state index in [2.05, 4.69) is 34.7 Å². The molecule has 0 aromatic heterocycles. The molecule has 1 aromatic rings. The average molecular weight is 538 g/mol. The van der Waals surface area contributed by atoms with Gasteiger partial charge in [0.05, 0.1) is 19.5 Å². The first-order valence-electron chi connectivity index (χ1n) is 10.0.